The van der Waals surface area contributed by atoms with Gasteiger partial charge in [0.25, 0.3) is 0 Å². The van der Waals surface area contributed by atoms with Crippen LogP contribution in [0, 0.1) is 24.7 Å². The summed E-state index contributed by atoms with van der Waals surface area (Å²) in [4.78, 5) is 36.1. The number of carboxylic acid groups (broad SMARTS) is 1. The number of hydrogen-bond donors (Lipinski definition) is 3. The second kappa shape index (κ2) is 10.7. The quantitative estimate of drug-likeness (QED) is 0.585. The van der Waals surface area contributed by atoms with Gasteiger partial charge in [-0.05, 0) is 30.7 Å². The van der Waals surface area contributed by atoms with Crippen molar-refractivity contribution in [3.05, 3.63) is 35.4 Å². The first-order chi connectivity index (χ1) is 12.6. The fourth-order valence-corrected chi connectivity index (χ4v) is 2.84. The number of rotatable bonds is 10. The van der Waals surface area contributed by atoms with Gasteiger partial charge in [0.15, 0.2) is 0 Å². The Hall–Kier alpha value is -2.37. The molecule has 3 N–H and O–H groups in total. The van der Waals surface area contributed by atoms with E-state index in [1.54, 1.807) is 0 Å². The van der Waals surface area contributed by atoms with Crippen LogP contribution in [0.15, 0.2) is 24.3 Å². The molecule has 0 bridgehead atoms. The maximum Gasteiger partial charge on any atom is 0.308 e. The maximum atomic E-state index is 12.5. The monoisotopic (exact) mass is 376 g/mol. The van der Waals surface area contributed by atoms with Gasteiger partial charge in [0.1, 0.15) is 6.04 Å². The number of nitrogens with one attached hydrogen (secondary N) is 2. The van der Waals surface area contributed by atoms with Crippen molar-refractivity contribution in [3.8, 4) is 0 Å². The molecule has 2 amide bonds. The third kappa shape index (κ3) is 8.24. The SMILES string of the molecule is Cc1cccc(CC(CNC(=O)C(NC(=O)CC(C)C)C(C)C)C(=O)O)c1. The molecule has 1 rings (SSSR count). The van der Waals surface area contributed by atoms with Gasteiger partial charge in [0, 0.05) is 13.0 Å². The maximum absolute atomic E-state index is 12.5. The van der Waals surface area contributed by atoms with Gasteiger partial charge >= 0.3 is 5.97 Å². The summed E-state index contributed by atoms with van der Waals surface area (Å²) in [6.07, 6.45) is 0.685. The van der Waals surface area contributed by atoms with Gasteiger partial charge < -0.3 is 15.7 Å². The van der Waals surface area contributed by atoms with Gasteiger partial charge in [0.05, 0.1) is 5.92 Å². The number of aliphatic carboxylic acids is 1. The normalized spacial score (nSPS) is 13.3. The molecule has 0 aliphatic heterocycles. The Morgan fingerprint density at radius 3 is 2.30 bits per heavy atom. The highest BCUT2D eigenvalue weighted by Gasteiger charge is 2.26. The number of benzene rings is 1. The number of carboxylic acids is 1. The Labute approximate surface area is 161 Å². The molecule has 0 aliphatic carbocycles. The van der Waals surface area contributed by atoms with Crippen molar-refractivity contribution in [1.29, 1.82) is 0 Å². The summed E-state index contributed by atoms with van der Waals surface area (Å²) in [5.41, 5.74) is 1.98. The van der Waals surface area contributed by atoms with E-state index in [0.717, 1.165) is 11.1 Å². The van der Waals surface area contributed by atoms with Crippen LogP contribution in [-0.4, -0.2) is 35.5 Å². The van der Waals surface area contributed by atoms with Crippen LogP contribution in [0.5, 0.6) is 0 Å². The van der Waals surface area contributed by atoms with Crippen LogP contribution in [0.1, 0.15) is 45.2 Å². The lowest BCUT2D eigenvalue weighted by Gasteiger charge is -2.23. The molecule has 6 heteroatoms. The largest absolute Gasteiger partial charge is 0.481 e. The Bertz CT molecular complexity index is 655. The van der Waals surface area contributed by atoms with E-state index in [9.17, 15) is 19.5 Å². The topological polar surface area (TPSA) is 95.5 Å². The average Bonchev–Trinajstić information content (AvgIpc) is 2.55. The molecule has 27 heavy (non-hydrogen) atoms. The lowest BCUT2D eigenvalue weighted by atomic mass is 9.97. The van der Waals surface area contributed by atoms with Gasteiger partial charge in [-0.15, -0.1) is 0 Å². The van der Waals surface area contributed by atoms with Crippen molar-refractivity contribution in [2.45, 2.75) is 53.5 Å². The Morgan fingerprint density at radius 1 is 1.11 bits per heavy atom. The number of aryl methyl sites for hydroxylation is 1. The molecule has 0 fully saturated rings. The zero-order chi connectivity index (χ0) is 20.6. The van der Waals surface area contributed by atoms with Crippen molar-refractivity contribution in [2.75, 3.05) is 6.54 Å². The molecule has 2 unspecified atom stereocenters. The van der Waals surface area contributed by atoms with Crippen LogP contribution in [0.3, 0.4) is 0 Å². The van der Waals surface area contributed by atoms with E-state index < -0.39 is 17.9 Å². The van der Waals surface area contributed by atoms with E-state index >= 15 is 0 Å². The molecule has 150 valence electrons. The molecule has 1 aromatic rings. The second-order valence-corrected chi connectivity index (χ2v) is 7.86. The second-order valence-electron chi connectivity index (χ2n) is 7.86. The first kappa shape index (κ1) is 22.7. The van der Waals surface area contributed by atoms with Gasteiger partial charge in [-0.25, -0.2) is 0 Å². The summed E-state index contributed by atoms with van der Waals surface area (Å²) >= 11 is 0. The zero-order valence-electron chi connectivity index (χ0n) is 16.9. The molecular weight excluding hydrogens is 344 g/mol. The van der Waals surface area contributed by atoms with E-state index in [2.05, 4.69) is 10.6 Å². The molecule has 0 saturated carbocycles. The molecular formula is C21H32N2O4. The first-order valence-electron chi connectivity index (χ1n) is 9.45. The highest BCUT2D eigenvalue weighted by molar-refractivity contribution is 5.88. The predicted molar refractivity (Wildman–Crippen MR) is 105 cm³/mol. The Morgan fingerprint density at radius 2 is 1.78 bits per heavy atom. The zero-order valence-corrected chi connectivity index (χ0v) is 16.9. The van der Waals surface area contributed by atoms with Gasteiger partial charge in [-0.2, -0.15) is 0 Å². The summed E-state index contributed by atoms with van der Waals surface area (Å²) in [6, 6.07) is 6.99. The molecule has 0 aliphatic rings. The van der Waals surface area contributed by atoms with Crippen molar-refractivity contribution in [1.82, 2.24) is 10.6 Å². The lowest BCUT2D eigenvalue weighted by molar-refractivity contribution is -0.142. The van der Waals surface area contributed by atoms with Gasteiger partial charge in [-0.1, -0.05) is 57.5 Å². The van der Waals surface area contributed by atoms with E-state index in [1.807, 2.05) is 58.9 Å². The van der Waals surface area contributed by atoms with Gasteiger partial charge in [0.2, 0.25) is 11.8 Å². The number of amides is 2. The van der Waals surface area contributed by atoms with Crippen molar-refractivity contribution in [3.63, 3.8) is 0 Å². The van der Waals surface area contributed by atoms with Crippen molar-refractivity contribution < 1.29 is 19.5 Å². The summed E-state index contributed by atoms with van der Waals surface area (Å²) in [5, 5.41) is 15.0. The fraction of sp³-hybridized carbons (Fsp3) is 0.571. The summed E-state index contributed by atoms with van der Waals surface area (Å²) in [5.74, 6) is -2.10. The van der Waals surface area contributed by atoms with E-state index in [0.29, 0.717) is 12.8 Å². The average molecular weight is 376 g/mol. The minimum atomic E-state index is -0.957. The Kier molecular flexibility index (Phi) is 8.98. The summed E-state index contributed by atoms with van der Waals surface area (Å²) < 4.78 is 0. The Balaban J connectivity index is 2.70. The smallest absolute Gasteiger partial charge is 0.308 e. The minimum absolute atomic E-state index is 0.0192. The third-order valence-corrected chi connectivity index (χ3v) is 4.30. The number of carbonyl (C=O) groups is 3. The molecule has 0 aromatic heterocycles. The number of hydrogen-bond acceptors (Lipinski definition) is 3. The van der Waals surface area contributed by atoms with Crippen molar-refractivity contribution >= 4 is 17.8 Å². The molecule has 0 radical (unpaired) electrons. The standard InChI is InChI=1S/C21H32N2O4/c1-13(2)9-18(24)23-19(14(3)4)20(25)22-12-17(21(26)27)11-16-8-6-7-15(5)10-16/h6-8,10,13-14,17,19H,9,11-12H2,1-5H3,(H,22,25)(H,23,24)(H,26,27). The van der Waals surface area contributed by atoms with Crippen LogP contribution in [0.2, 0.25) is 0 Å². The summed E-state index contributed by atoms with van der Waals surface area (Å²) in [6.45, 7) is 9.54. The summed E-state index contributed by atoms with van der Waals surface area (Å²) in [7, 11) is 0. The van der Waals surface area contributed by atoms with E-state index in [-0.39, 0.29) is 30.2 Å². The van der Waals surface area contributed by atoms with Crippen LogP contribution in [0.25, 0.3) is 0 Å². The molecule has 0 spiro atoms. The highest BCUT2D eigenvalue weighted by Crippen LogP contribution is 2.12. The van der Waals surface area contributed by atoms with Crippen molar-refractivity contribution in [2.24, 2.45) is 17.8 Å². The predicted octanol–water partition coefficient (Wildman–Crippen LogP) is 2.54. The van der Waals surface area contributed by atoms with Crippen LogP contribution < -0.4 is 10.6 Å². The molecule has 2 atom stereocenters. The molecule has 1 aromatic carbocycles. The lowest BCUT2D eigenvalue weighted by Crippen LogP contribution is -2.51. The van der Waals surface area contributed by atoms with Gasteiger partial charge in [-0.3, -0.25) is 14.4 Å². The van der Waals surface area contributed by atoms with Crippen LogP contribution >= 0.6 is 0 Å². The third-order valence-electron chi connectivity index (χ3n) is 4.30. The first-order valence-corrected chi connectivity index (χ1v) is 9.45. The van der Waals surface area contributed by atoms with Crippen LogP contribution in [-0.2, 0) is 20.8 Å². The minimum Gasteiger partial charge on any atom is -0.481 e. The molecule has 0 heterocycles. The number of carbonyl (C=O) groups excluding carboxylic acids is 2. The van der Waals surface area contributed by atoms with E-state index in [1.165, 1.54) is 0 Å². The molecule has 6 nitrogen and oxygen atoms in total. The van der Waals surface area contributed by atoms with Crippen LogP contribution in [0.4, 0.5) is 0 Å². The highest BCUT2D eigenvalue weighted by atomic mass is 16.4. The van der Waals surface area contributed by atoms with E-state index in [4.69, 9.17) is 0 Å². The fourth-order valence-electron chi connectivity index (χ4n) is 2.84. The molecule has 0 saturated heterocycles.